The molecule has 3 unspecified atom stereocenters. The minimum absolute atomic E-state index is 0.105. The van der Waals surface area contributed by atoms with E-state index in [1.54, 1.807) is 0 Å². The standard InChI is InChI=1S/C12H23NO3/c1-5-11(12(14)15-6-2)13-7-9(3)16-10(4)8-13/h9-11H,5-8H2,1-4H3. The van der Waals surface area contributed by atoms with Gasteiger partial charge in [-0.2, -0.15) is 0 Å². The molecule has 4 nitrogen and oxygen atoms in total. The normalized spacial score (nSPS) is 28.8. The summed E-state index contributed by atoms with van der Waals surface area (Å²) in [5.74, 6) is -0.105. The average molecular weight is 229 g/mol. The fraction of sp³-hybridized carbons (Fsp3) is 0.917. The summed E-state index contributed by atoms with van der Waals surface area (Å²) < 4.78 is 10.8. The summed E-state index contributed by atoms with van der Waals surface area (Å²) in [6, 6.07) is -0.117. The second-order valence-electron chi connectivity index (χ2n) is 4.39. The van der Waals surface area contributed by atoms with E-state index in [0.717, 1.165) is 19.5 Å². The lowest BCUT2D eigenvalue weighted by molar-refractivity contribution is -0.155. The van der Waals surface area contributed by atoms with Crippen molar-refractivity contribution in [2.24, 2.45) is 0 Å². The predicted molar refractivity (Wildman–Crippen MR) is 62.3 cm³/mol. The maximum Gasteiger partial charge on any atom is 0.323 e. The molecule has 0 aromatic carbocycles. The topological polar surface area (TPSA) is 38.8 Å². The van der Waals surface area contributed by atoms with Crippen LogP contribution in [0.15, 0.2) is 0 Å². The second-order valence-corrected chi connectivity index (χ2v) is 4.39. The molecule has 0 N–H and O–H groups in total. The van der Waals surface area contributed by atoms with Crippen LogP contribution in [0.4, 0.5) is 0 Å². The van der Waals surface area contributed by atoms with Crippen LogP contribution < -0.4 is 0 Å². The average Bonchev–Trinajstić information content (AvgIpc) is 2.17. The molecule has 1 aliphatic rings. The molecule has 1 aliphatic heterocycles. The summed E-state index contributed by atoms with van der Waals surface area (Å²) in [5.41, 5.74) is 0. The first-order valence-electron chi connectivity index (χ1n) is 6.14. The van der Waals surface area contributed by atoms with Crippen LogP contribution in [0.25, 0.3) is 0 Å². The molecule has 0 aromatic rings. The van der Waals surface area contributed by atoms with Gasteiger partial charge in [-0.05, 0) is 27.2 Å². The number of hydrogen-bond donors (Lipinski definition) is 0. The first-order chi connectivity index (χ1) is 7.58. The van der Waals surface area contributed by atoms with Crippen molar-refractivity contribution in [1.82, 2.24) is 4.90 Å². The van der Waals surface area contributed by atoms with Crippen LogP contribution in [0.1, 0.15) is 34.1 Å². The maximum absolute atomic E-state index is 11.8. The Balaban J connectivity index is 2.60. The van der Waals surface area contributed by atoms with Gasteiger partial charge in [-0.15, -0.1) is 0 Å². The molecule has 1 rings (SSSR count). The highest BCUT2D eigenvalue weighted by Gasteiger charge is 2.31. The zero-order valence-electron chi connectivity index (χ0n) is 10.7. The van der Waals surface area contributed by atoms with Crippen LogP contribution in [0.2, 0.25) is 0 Å². The third-order valence-corrected chi connectivity index (χ3v) is 2.83. The summed E-state index contributed by atoms with van der Waals surface area (Å²) in [4.78, 5) is 14.0. The number of nitrogens with zero attached hydrogens (tertiary/aromatic N) is 1. The lowest BCUT2D eigenvalue weighted by Gasteiger charge is -2.38. The van der Waals surface area contributed by atoms with Gasteiger partial charge >= 0.3 is 5.97 Å². The van der Waals surface area contributed by atoms with E-state index in [-0.39, 0.29) is 24.2 Å². The Kier molecular flexibility index (Phi) is 5.22. The van der Waals surface area contributed by atoms with E-state index < -0.39 is 0 Å². The SMILES string of the molecule is CCOC(=O)C(CC)N1CC(C)OC(C)C1. The Bertz CT molecular complexity index is 222. The van der Waals surface area contributed by atoms with E-state index in [2.05, 4.69) is 4.90 Å². The Morgan fingerprint density at radius 1 is 1.38 bits per heavy atom. The summed E-state index contributed by atoms with van der Waals surface area (Å²) in [6.45, 7) is 10.0. The number of carbonyl (C=O) groups excluding carboxylic acids is 1. The quantitative estimate of drug-likeness (QED) is 0.684. The Hall–Kier alpha value is -0.610. The number of esters is 1. The molecule has 3 atom stereocenters. The molecular formula is C12H23NO3. The third-order valence-electron chi connectivity index (χ3n) is 2.83. The van der Waals surface area contributed by atoms with Crippen molar-refractivity contribution in [3.63, 3.8) is 0 Å². The van der Waals surface area contributed by atoms with E-state index >= 15 is 0 Å². The fourth-order valence-electron chi connectivity index (χ4n) is 2.28. The Morgan fingerprint density at radius 3 is 2.38 bits per heavy atom. The third kappa shape index (κ3) is 3.46. The molecule has 0 aliphatic carbocycles. The molecule has 94 valence electrons. The minimum atomic E-state index is -0.117. The van der Waals surface area contributed by atoms with Crippen molar-refractivity contribution in [2.75, 3.05) is 19.7 Å². The van der Waals surface area contributed by atoms with Gasteiger partial charge in [0.2, 0.25) is 0 Å². The maximum atomic E-state index is 11.8. The Morgan fingerprint density at radius 2 is 1.94 bits per heavy atom. The van der Waals surface area contributed by atoms with Crippen molar-refractivity contribution in [1.29, 1.82) is 0 Å². The highest BCUT2D eigenvalue weighted by Crippen LogP contribution is 2.16. The minimum Gasteiger partial charge on any atom is -0.465 e. The molecule has 4 heteroatoms. The molecule has 1 heterocycles. The molecule has 0 aromatic heterocycles. The molecule has 1 saturated heterocycles. The van der Waals surface area contributed by atoms with Gasteiger partial charge in [-0.1, -0.05) is 6.92 Å². The van der Waals surface area contributed by atoms with E-state index in [1.165, 1.54) is 0 Å². The van der Waals surface area contributed by atoms with E-state index in [0.29, 0.717) is 6.61 Å². The zero-order valence-corrected chi connectivity index (χ0v) is 10.7. The lowest BCUT2D eigenvalue weighted by Crippen LogP contribution is -2.52. The number of ether oxygens (including phenoxy) is 2. The number of morpholine rings is 1. The van der Waals surface area contributed by atoms with Crippen molar-refractivity contribution < 1.29 is 14.3 Å². The van der Waals surface area contributed by atoms with Gasteiger partial charge in [-0.3, -0.25) is 9.69 Å². The van der Waals surface area contributed by atoms with Crippen LogP contribution >= 0.6 is 0 Å². The number of hydrogen-bond acceptors (Lipinski definition) is 4. The predicted octanol–water partition coefficient (Wildman–Crippen LogP) is 1.44. The van der Waals surface area contributed by atoms with Crippen LogP contribution in [0.5, 0.6) is 0 Å². The molecular weight excluding hydrogens is 206 g/mol. The van der Waals surface area contributed by atoms with Gasteiger partial charge in [0.25, 0.3) is 0 Å². The van der Waals surface area contributed by atoms with Crippen molar-refractivity contribution in [3.8, 4) is 0 Å². The van der Waals surface area contributed by atoms with E-state index in [1.807, 2.05) is 27.7 Å². The van der Waals surface area contributed by atoms with Crippen molar-refractivity contribution >= 4 is 5.97 Å². The molecule has 1 fully saturated rings. The largest absolute Gasteiger partial charge is 0.465 e. The number of rotatable bonds is 4. The Labute approximate surface area is 97.9 Å². The van der Waals surface area contributed by atoms with Crippen molar-refractivity contribution in [2.45, 2.75) is 52.4 Å². The summed E-state index contributed by atoms with van der Waals surface area (Å²) in [7, 11) is 0. The van der Waals surface area contributed by atoms with E-state index in [9.17, 15) is 4.79 Å². The summed E-state index contributed by atoms with van der Waals surface area (Å²) in [6.07, 6.45) is 1.16. The first kappa shape index (κ1) is 13.5. The molecule has 16 heavy (non-hydrogen) atoms. The van der Waals surface area contributed by atoms with Gasteiger partial charge in [0.05, 0.1) is 18.8 Å². The number of carbonyl (C=O) groups is 1. The van der Waals surface area contributed by atoms with Gasteiger partial charge in [-0.25, -0.2) is 0 Å². The van der Waals surface area contributed by atoms with Gasteiger partial charge in [0.15, 0.2) is 0 Å². The van der Waals surface area contributed by atoms with Crippen LogP contribution in [0, 0.1) is 0 Å². The highest BCUT2D eigenvalue weighted by molar-refractivity contribution is 5.75. The molecule has 0 radical (unpaired) electrons. The van der Waals surface area contributed by atoms with Gasteiger partial charge in [0.1, 0.15) is 6.04 Å². The summed E-state index contributed by atoms with van der Waals surface area (Å²) >= 11 is 0. The lowest BCUT2D eigenvalue weighted by atomic mass is 10.1. The zero-order chi connectivity index (χ0) is 12.1. The summed E-state index contributed by atoms with van der Waals surface area (Å²) in [5, 5.41) is 0. The van der Waals surface area contributed by atoms with Crippen LogP contribution in [-0.4, -0.2) is 48.8 Å². The van der Waals surface area contributed by atoms with Crippen molar-refractivity contribution in [3.05, 3.63) is 0 Å². The van der Waals surface area contributed by atoms with Gasteiger partial charge < -0.3 is 9.47 Å². The first-order valence-corrected chi connectivity index (χ1v) is 6.14. The fourth-order valence-corrected chi connectivity index (χ4v) is 2.28. The van der Waals surface area contributed by atoms with Crippen LogP contribution in [-0.2, 0) is 14.3 Å². The monoisotopic (exact) mass is 229 g/mol. The van der Waals surface area contributed by atoms with Crippen LogP contribution in [0.3, 0.4) is 0 Å². The molecule has 0 bridgehead atoms. The smallest absolute Gasteiger partial charge is 0.323 e. The highest BCUT2D eigenvalue weighted by atomic mass is 16.5. The molecule has 0 spiro atoms. The molecule has 0 saturated carbocycles. The van der Waals surface area contributed by atoms with E-state index in [4.69, 9.17) is 9.47 Å². The molecule has 0 amide bonds. The van der Waals surface area contributed by atoms with Gasteiger partial charge in [0, 0.05) is 13.1 Å². The second kappa shape index (κ2) is 6.21.